The zero-order chi connectivity index (χ0) is 14.1. The lowest BCUT2D eigenvalue weighted by atomic mass is 10.3. The van der Waals surface area contributed by atoms with Gasteiger partial charge in [-0.05, 0) is 19.4 Å². The van der Waals surface area contributed by atoms with Gasteiger partial charge in [0.25, 0.3) is 0 Å². The number of aryl methyl sites for hydroxylation is 2. The molecule has 0 unspecified atom stereocenters. The monoisotopic (exact) mass is 289 g/mol. The molecule has 0 aromatic carbocycles. The molecule has 104 valence electrons. The lowest BCUT2D eigenvalue weighted by Crippen LogP contribution is -1.97. The Hall–Kier alpha value is -2.15. The van der Waals surface area contributed by atoms with E-state index in [0.29, 0.717) is 11.6 Å². The van der Waals surface area contributed by atoms with Crippen molar-refractivity contribution in [3.05, 3.63) is 23.3 Å². The van der Waals surface area contributed by atoms with Gasteiger partial charge in [-0.3, -0.25) is 4.68 Å². The van der Waals surface area contributed by atoms with E-state index in [2.05, 4.69) is 22.0 Å². The second-order valence-corrected chi connectivity index (χ2v) is 5.74. The number of nitrogens with two attached hydrogens (primary N) is 1. The fourth-order valence-electron chi connectivity index (χ4n) is 1.97. The van der Waals surface area contributed by atoms with Gasteiger partial charge >= 0.3 is 0 Å². The third-order valence-electron chi connectivity index (χ3n) is 2.78. The molecule has 0 spiro atoms. The summed E-state index contributed by atoms with van der Waals surface area (Å²) in [4.78, 5) is 10.4. The number of thiophene rings is 1. The van der Waals surface area contributed by atoms with Crippen LogP contribution in [-0.4, -0.2) is 19.7 Å². The SMILES string of the molecule is CCCn1cc(Oc2nc(N)nc3sc(C)cc23)cn1. The van der Waals surface area contributed by atoms with Crippen molar-refractivity contribution in [3.8, 4) is 11.6 Å². The first-order valence-electron chi connectivity index (χ1n) is 6.39. The molecule has 0 aliphatic rings. The van der Waals surface area contributed by atoms with Crippen LogP contribution in [0.2, 0.25) is 0 Å². The highest BCUT2D eigenvalue weighted by Gasteiger charge is 2.12. The maximum Gasteiger partial charge on any atom is 0.233 e. The smallest absolute Gasteiger partial charge is 0.233 e. The molecule has 3 aromatic rings. The van der Waals surface area contributed by atoms with Crippen molar-refractivity contribution in [2.24, 2.45) is 0 Å². The predicted octanol–water partition coefficient (Wildman–Crippen LogP) is 2.98. The van der Waals surface area contributed by atoms with Gasteiger partial charge < -0.3 is 10.5 Å². The Balaban J connectivity index is 1.96. The number of aromatic nitrogens is 4. The molecule has 3 rings (SSSR count). The third kappa shape index (κ3) is 2.44. The molecular weight excluding hydrogens is 274 g/mol. The Morgan fingerprint density at radius 2 is 2.25 bits per heavy atom. The van der Waals surface area contributed by atoms with Crippen LogP contribution in [0.5, 0.6) is 11.6 Å². The van der Waals surface area contributed by atoms with E-state index >= 15 is 0 Å². The number of anilines is 1. The molecule has 3 aromatic heterocycles. The lowest BCUT2D eigenvalue weighted by Gasteiger charge is -2.03. The van der Waals surface area contributed by atoms with Crippen molar-refractivity contribution in [2.45, 2.75) is 26.8 Å². The Labute approximate surface area is 120 Å². The van der Waals surface area contributed by atoms with E-state index in [1.807, 2.05) is 23.9 Å². The van der Waals surface area contributed by atoms with Crippen molar-refractivity contribution >= 4 is 27.5 Å². The van der Waals surface area contributed by atoms with Crippen LogP contribution in [0.15, 0.2) is 18.5 Å². The van der Waals surface area contributed by atoms with Crippen molar-refractivity contribution < 1.29 is 4.74 Å². The Morgan fingerprint density at radius 1 is 1.40 bits per heavy atom. The van der Waals surface area contributed by atoms with E-state index in [9.17, 15) is 0 Å². The lowest BCUT2D eigenvalue weighted by molar-refractivity contribution is 0.467. The van der Waals surface area contributed by atoms with Crippen LogP contribution in [-0.2, 0) is 6.54 Å². The number of hydrogen-bond donors (Lipinski definition) is 1. The van der Waals surface area contributed by atoms with Crippen molar-refractivity contribution in [1.82, 2.24) is 19.7 Å². The summed E-state index contributed by atoms with van der Waals surface area (Å²) in [7, 11) is 0. The Bertz CT molecular complexity index is 748. The first-order valence-corrected chi connectivity index (χ1v) is 7.21. The predicted molar refractivity (Wildman–Crippen MR) is 79.2 cm³/mol. The van der Waals surface area contributed by atoms with Crippen LogP contribution in [0.3, 0.4) is 0 Å². The summed E-state index contributed by atoms with van der Waals surface area (Å²) in [6.45, 7) is 4.98. The quantitative estimate of drug-likeness (QED) is 0.798. The molecule has 0 atom stereocenters. The van der Waals surface area contributed by atoms with Gasteiger partial charge in [-0.25, -0.2) is 4.98 Å². The second-order valence-electron chi connectivity index (χ2n) is 4.50. The molecule has 6 nitrogen and oxygen atoms in total. The van der Waals surface area contributed by atoms with E-state index in [-0.39, 0.29) is 5.95 Å². The normalized spacial score (nSPS) is 11.1. The van der Waals surface area contributed by atoms with Crippen molar-refractivity contribution in [2.75, 3.05) is 5.73 Å². The van der Waals surface area contributed by atoms with Crippen LogP contribution < -0.4 is 10.5 Å². The number of nitrogen functional groups attached to an aromatic ring is 1. The topological polar surface area (TPSA) is 78.9 Å². The fourth-order valence-corrected chi connectivity index (χ4v) is 2.85. The first-order chi connectivity index (χ1) is 9.65. The molecular formula is C13H15N5OS. The molecule has 0 saturated heterocycles. The molecule has 3 heterocycles. The van der Waals surface area contributed by atoms with Gasteiger partial charge in [0, 0.05) is 11.4 Å². The van der Waals surface area contributed by atoms with E-state index in [1.165, 1.54) is 0 Å². The van der Waals surface area contributed by atoms with E-state index in [4.69, 9.17) is 10.5 Å². The van der Waals surface area contributed by atoms with Gasteiger partial charge in [0.1, 0.15) is 4.83 Å². The Morgan fingerprint density at radius 3 is 3.05 bits per heavy atom. The first kappa shape index (κ1) is 12.9. The highest BCUT2D eigenvalue weighted by molar-refractivity contribution is 7.18. The van der Waals surface area contributed by atoms with Crippen LogP contribution in [0.4, 0.5) is 5.95 Å². The molecule has 0 aliphatic carbocycles. The number of ether oxygens (including phenoxy) is 1. The maximum absolute atomic E-state index is 5.81. The molecule has 20 heavy (non-hydrogen) atoms. The molecule has 0 amide bonds. The zero-order valence-corrected chi connectivity index (χ0v) is 12.1. The molecule has 0 aliphatic heterocycles. The maximum atomic E-state index is 5.81. The second kappa shape index (κ2) is 5.09. The summed E-state index contributed by atoms with van der Waals surface area (Å²) >= 11 is 1.57. The van der Waals surface area contributed by atoms with Crippen LogP contribution in [0.1, 0.15) is 18.2 Å². The molecule has 7 heteroatoms. The van der Waals surface area contributed by atoms with E-state index in [0.717, 1.165) is 28.1 Å². The summed E-state index contributed by atoms with van der Waals surface area (Å²) < 4.78 is 7.65. The average Bonchev–Trinajstić information content (AvgIpc) is 2.96. The van der Waals surface area contributed by atoms with Crippen LogP contribution >= 0.6 is 11.3 Å². The van der Waals surface area contributed by atoms with E-state index in [1.54, 1.807) is 17.5 Å². The van der Waals surface area contributed by atoms with Gasteiger partial charge in [-0.1, -0.05) is 6.92 Å². The number of nitrogens with zero attached hydrogens (tertiary/aromatic N) is 4. The minimum atomic E-state index is 0.218. The summed E-state index contributed by atoms with van der Waals surface area (Å²) in [5.74, 6) is 1.35. The largest absolute Gasteiger partial charge is 0.435 e. The summed E-state index contributed by atoms with van der Waals surface area (Å²) in [6, 6.07) is 2.01. The summed E-state index contributed by atoms with van der Waals surface area (Å²) in [6.07, 6.45) is 4.56. The van der Waals surface area contributed by atoms with Gasteiger partial charge in [-0.2, -0.15) is 10.1 Å². The van der Waals surface area contributed by atoms with E-state index < -0.39 is 0 Å². The molecule has 2 N–H and O–H groups in total. The van der Waals surface area contributed by atoms with Gasteiger partial charge in [0.05, 0.1) is 17.8 Å². The molecule has 0 radical (unpaired) electrons. The van der Waals surface area contributed by atoms with Crippen molar-refractivity contribution in [1.29, 1.82) is 0 Å². The third-order valence-corrected chi connectivity index (χ3v) is 3.72. The number of rotatable bonds is 4. The summed E-state index contributed by atoms with van der Waals surface area (Å²) in [5.41, 5.74) is 5.72. The van der Waals surface area contributed by atoms with Crippen LogP contribution in [0.25, 0.3) is 10.2 Å². The highest BCUT2D eigenvalue weighted by atomic mass is 32.1. The molecule has 0 fully saturated rings. The minimum absolute atomic E-state index is 0.218. The number of fused-ring (bicyclic) bond motifs is 1. The van der Waals surface area contributed by atoms with Gasteiger partial charge in [0.2, 0.25) is 11.8 Å². The molecule has 0 saturated carbocycles. The average molecular weight is 289 g/mol. The number of hydrogen-bond acceptors (Lipinski definition) is 6. The zero-order valence-electron chi connectivity index (χ0n) is 11.3. The summed E-state index contributed by atoms with van der Waals surface area (Å²) in [5, 5.41) is 5.11. The Kier molecular flexibility index (Phi) is 3.27. The van der Waals surface area contributed by atoms with Gasteiger partial charge in [0.15, 0.2) is 5.75 Å². The standard InChI is InChI=1S/C13H15N5OS/c1-3-4-18-7-9(6-15-18)19-11-10-5-8(2)20-12(10)17-13(14)16-11/h5-7H,3-4H2,1-2H3,(H2,14,16,17). The molecule has 0 bridgehead atoms. The fraction of sp³-hybridized carbons (Fsp3) is 0.308. The van der Waals surface area contributed by atoms with Gasteiger partial charge in [-0.15, -0.1) is 11.3 Å². The highest BCUT2D eigenvalue weighted by Crippen LogP contribution is 2.32. The van der Waals surface area contributed by atoms with Crippen molar-refractivity contribution in [3.63, 3.8) is 0 Å². The minimum Gasteiger partial charge on any atom is -0.435 e. The van der Waals surface area contributed by atoms with Crippen LogP contribution in [0, 0.1) is 6.92 Å².